The molecule has 0 radical (unpaired) electrons. The Morgan fingerprint density at radius 2 is 1.86 bits per heavy atom. The number of benzene rings is 1. The van der Waals surface area contributed by atoms with Gasteiger partial charge in [-0.2, -0.15) is 5.10 Å². The number of hydrogen-bond donors (Lipinski definition) is 1. The molecule has 0 fully saturated rings. The molecule has 1 aromatic carbocycles. The number of anilines is 1. The molecule has 6 nitrogen and oxygen atoms in total. The van der Waals surface area contributed by atoms with Crippen molar-refractivity contribution in [3.05, 3.63) is 71.2 Å². The van der Waals surface area contributed by atoms with E-state index in [-0.39, 0.29) is 5.91 Å². The summed E-state index contributed by atoms with van der Waals surface area (Å²) >= 11 is 0. The summed E-state index contributed by atoms with van der Waals surface area (Å²) in [4.78, 5) is 19.2. The minimum Gasteiger partial charge on any atom is -0.372 e. The third-order valence-electron chi connectivity index (χ3n) is 4.86. The molecule has 0 saturated carbocycles. The van der Waals surface area contributed by atoms with Crippen LogP contribution in [0.5, 0.6) is 0 Å². The highest BCUT2D eigenvalue weighted by Crippen LogP contribution is 2.16. The number of hydrogen-bond acceptors (Lipinski definition) is 4. The van der Waals surface area contributed by atoms with Gasteiger partial charge in [0.25, 0.3) is 5.91 Å². The van der Waals surface area contributed by atoms with E-state index < -0.39 is 0 Å². The van der Waals surface area contributed by atoms with E-state index in [1.807, 2.05) is 61.0 Å². The van der Waals surface area contributed by atoms with Gasteiger partial charge in [-0.25, -0.2) is 9.67 Å². The summed E-state index contributed by atoms with van der Waals surface area (Å²) in [6, 6.07) is 13.7. The Balaban J connectivity index is 1.59. The molecule has 0 spiro atoms. The molecule has 152 valence electrons. The molecule has 29 heavy (non-hydrogen) atoms. The SMILES string of the molecule is CCCN(CC)c1ccc(C(=O)NCc2ccc(-n3nc(C)cc3C)nc2)cc1. The second-order valence-electron chi connectivity index (χ2n) is 7.17. The molecule has 3 rings (SSSR count). The van der Waals surface area contributed by atoms with Crippen LogP contribution in [0.2, 0.25) is 0 Å². The van der Waals surface area contributed by atoms with Gasteiger partial charge in [-0.05, 0) is 69.2 Å². The molecule has 0 saturated heterocycles. The molecular weight excluding hydrogens is 362 g/mol. The zero-order valence-corrected chi connectivity index (χ0v) is 17.6. The monoisotopic (exact) mass is 391 g/mol. The lowest BCUT2D eigenvalue weighted by Gasteiger charge is -2.22. The average molecular weight is 392 g/mol. The van der Waals surface area contributed by atoms with E-state index >= 15 is 0 Å². The van der Waals surface area contributed by atoms with E-state index in [9.17, 15) is 4.79 Å². The van der Waals surface area contributed by atoms with Crippen LogP contribution in [-0.2, 0) is 6.54 Å². The Kier molecular flexibility index (Phi) is 6.65. The molecule has 3 aromatic rings. The van der Waals surface area contributed by atoms with E-state index in [4.69, 9.17) is 0 Å². The van der Waals surface area contributed by atoms with E-state index in [1.54, 1.807) is 6.20 Å². The van der Waals surface area contributed by atoms with Crippen molar-refractivity contribution in [3.63, 3.8) is 0 Å². The normalized spacial score (nSPS) is 10.8. The van der Waals surface area contributed by atoms with Crippen LogP contribution in [0, 0.1) is 13.8 Å². The number of rotatable bonds is 8. The lowest BCUT2D eigenvalue weighted by molar-refractivity contribution is 0.0951. The molecule has 0 unspecified atom stereocenters. The predicted octanol–water partition coefficient (Wildman–Crippen LogP) is 4.05. The highest BCUT2D eigenvalue weighted by atomic mass is 16.1. The third kappa shape index (κ3) is 5.02. The van der Waals surface area contributed by atoms with Gasteiger partial charge in [0.15, 0.2) is 5.82 Å². The number of amides is 1. The average Bonchev–Trinajstić information content (AvgIpc) is 3.08. The van der Waals surface area contributed by atoms with Gasteiger partial charge in [0, 0.05) is 42.8 Å². The molecule has 0 aliphatic carbocycles. The number of nitrogens with one attached hydrogen (secondary N) is 1. The van der Waals surface area contributed by atoms with Crippen LogP contribution in [0.1, 0.15) is 47.6 Å². The van der Waals surface area contributed by atoms with E-state index in [1.165, 1.54) is 0 Å². The predicted molar refractivity (Wildman–Crippen MR) is 117 cm³/mol. The van der Waals surface area contributed by atoms with Crippen LogP contribution >= 0.6 is 0 Å². The van der Waals surface area contributed by atoms with Gasteiger partial charge >= 0.3 is 0 Å². The smallest absolute Gasteiger partial charge is 0.251 e. The van der Waals surface area contributed by atoms with Gasteiger partial charge in [0.2, 0.25) is 0 Å². The topological polar surface area (TPSA) is 63.1 Å². The van der Waals surface area contributed by atoms with Crippen LogP contribution in [-0.4, -0.2) is 33.8 Å². The molecule has 2 aromatic heterocycles. The first-order chi connectivity index (χ1) is 14.0. The fourth-order valence-electron chi connectivity index (χ4n) is 3.36. The molecule has 0 aliphatic rings. The van der Waals surface area contributed by atoms with Crippen molar-refractivity contribution in [1.82, 2.24) is 20.1 Å². The number of aromatic nitrogens is 3. The molecule has 2 heterocycles. The standard InChI is InChI=1S/C23H29N5O/c1-5-13-27(6-2)21-10-8-20(9-11-21)23(29)25-16-19-7-12-22(24-15-19)28-18(4)14-17(3)26-28/h7-12,14-15H,5-6,13,16H2,1-4H3,(H,25,29). The largest absolute Gasteiger partial charge is 0.372 e. The Morgan fingerprint density at radius 1 is 1.10 bits per heavy atom. The van der Waals surface area contributed by atoms with Crippen LogP contribution in [0.15, 0.2) is 48.7 Å². The first-order valence-corrected chi connectivity index (χ1v) is 10.1. The molecule has 1 amide bonds. The van der Waals surface area contributed by atoms with Crippen LogP contribution in [0.3, 0.4) is 0 Å². The van der Waals surface area contributed by atoms with E-state index in [0.29, 0.717) is 12.1 Å². The molecule has 0 atom stereocenters. The van der Waals surface area contributed by atoms with Crippen molar-refractivity contribution in [2.45, 2.75) is 40.7 Å². The van der Waals surface area contributed by atoms with Gasteiger partial charge in [0.05, 0.1) is 5.69 Å². The second kappa shape index (κ2) is 9.37. The summed E-state index contributed by atoms with van der Waals surface area (Å²) in [6.45, 7) is 10.7. The highest BCUT2D eigenvalue weighted by Gasteiger charge is 2.09. The summed E-state index contributed by atoms with van der Waals surface area (Å²) < 4.78 is 1.82. The van der Waals surface area contributed by atoms with Gasteiger partial charge < -0.3 is 10.2 Å². The Bertz CT molecular complexity index is 944. The van der Waals surface area contributed by atoms with Gasteiger partial charge in [0.1, 0.15) is 0 Å². The summed E-state index contributed by atoms with van der Waals surface area (Å²) in [5, 5.41) is 7.40. The third-order valence-corrected chi connectivity index (χ3v) is 4.86. The van der Waals surface area contributed by atoms with Crippen LogP contribution in [0.4, 0.5) is 5.69 Å². The second-order valence-corrected chi connectivity index (χ2v) is 7.17. The number of aryl methyl sites for hydroxylation is 2. The summed E-state index contributed by atoms with van der Waals surface area (Å²) in [5.41, 5.74) is 4.76. The molecule has 6 heteroatoms. The minimum absolute atomic E-state index is 0.0855. The van der Waals surface area contributed by atoms with Gasteiger partial charge in [-0.1, -0.05) is 13.0 Å². The van der Waals surface area contributed by atoms with Crippen molar-refractivity contribution >= 4 is 11.6 Å². The van der Waals surface area contributed by atoms with Crippen molar-refractivity contribution < 1.29 is 4.79 Å². The quantitative estimate of drug-likeness (QED) is 0.629. The van der Waals surface area contributed by atoms with Gasteiger partial charge in [-0.3, -0.25) is 4.79 Å². The molecule has 0 aliphatic heterocycles. The fraction of sp³-hybridized carbons (Fsp3) is 0.348. The van der Waals surface area contributed by atoms with Crippen molar-refractivity contribution in [3.8, 4) is 5.82 Å². The Morgan fingerprint density at radius 3 is 2.41 bits per heavy atom. The maximum absolute atomic E-state index is 12.5. The minimum atomic E-state index is -0.0855. The number of nitrogens with zero attached hydrogens (tertiary/aromatic N) is 4. The fourth-order valence-corrected chi connectivity index (χ4v) is 3.36. The van der Waals surface area contributed by atoms with Crippen molar-refractivity contribution in [1.29, 1.82) is 0 Å². The lowest BCUT2D eigenvalue weighted by atomic mass is 10.1. The number of carbonyl (C=O) groups excluding carboxylic acids is 1. The summed E-state index contributed by atoms with van der Waals surface area (Å²) in [5.74, 6) is 0.687. The first-order valence-electron chi connectivity index (χ1n) is 10.1. The molecular formula is C23H29N5O. The zero-order valence-electron chi connectivity index (χ0n) is 17.6. The summed E-state index contributed by atoms with van der Waals surface area (Å²) in [7, 11) is 0. The zero-order chi connectivity index (χ0) is 20.8. The first kappa shape index (κ1) is 20.6. The molecule has 1 N–H and O–H groups in total. The highest BCUT2D eigenvalue weighted by molar-refractivity contribution is 5.94. The maximum Gasteiger partial charge on any atom is 0.251 e. The van der Waals surface area contributed by atoms with Crippen molar-refractivity contribution in [2.24, 2.45) is 0 Å². The Labute approximate surface area is 172 Å². The van der Waals surface area contributed by atoms with Crippen LogP contribution < -0.4 is 10.2 Å². The Hall–Kier alpha value is -3.15. The maximum atomic E-state index is 12.5. The number of pyridine rings is 1. The van der Waals surface area contributed by atoms with Crippen LogP contribution in [0.25, 0.3) is 5.82 Å². The van der Waals surface area contributed by atoms with E-state index in [2.05, 4.69) is 34.1 Å². The molecule has 0 bridgehead atoms. The van der Waals surface area contributed by atoms with E-state index in [0.717, 1.165) is 48.0 Å². The summed E-state index contributed by atoms with van der Waals surface area (Å²) in [6.07, 6.45) is 2.88. The number of carbonyl (C=O) groups is 1. The lowest BCUT2D eigenvalue weighted by Crippen LogP contribution is -2.24. The van der Waals surface area contributed by atoms with Gasteiger partial charge in [-0.15, -0.1) is 0 Å². The van der Waals surface area contributed by atoms with Crippen molar-refractivity contribution in [2.75, 3.05) is 18.0 Å².